The van der Waals surface area contributed by atoms with Crippen LogP contribution in [0.4, 0.5) is 8.78 Å². The SMILES string of the molecule is Cc1nc(-c2ncccc2-c2cc(F)c(S(N)(=O)=O)c(F)c2)cs1. The summed E-state index contributed by atoms with van der Waals surface area (Å²) in [7, 11) is -4.50. The van der Waals surface area contributed by atoms with Crippen molar-refractivity contribution in [2.75, 3.05) is 0 Å². The molecule has 2 aromatic heterocycles. The van der Waals surface area contributed by atoms with E-state index in [1.807, 2.05) is 6.92 Å². The van der Waals surface area contributed by atoms with Crippen molar-refractivity contribution < 1.29 is 17.2 Å². The maximum absolute atomic E-state index is 14.1. The Morgan fingerprint density at radius 3 is 2.42 bits per heavy atom. The maximum Gasteiger partial charge on any atom is 0.243 e. The fourth-order valence-electron chi connectivity index (χ4n) is 2.30. The van der Waals surface area contributed by atoms with E-state index in [0.717, 1.165) is 17.1 Å². The first-order chi connectivity index (χ1) is 11.3. The van der Waals surface area contributed by atoms with E-state index in [1.165, 1.54) is 11.3 Å². The van der Waals surface area contributed by atoms with Crippen molar-refractivity contribution in [1.29, 1.82) is 0 Å². The van der Waals surface area contributed by atoms with Crippen LogP contribution in [0.25, 0.3) is 22.5 Å². The zero-order valence-corrected chi connectivity index (χ0v) is 14.0. The molecule has 24 heavy (non-hydrogen) atoms. The monoisotopic (exact) mass is 367 g/mol. The first-order valence-corrected chi connectivity index (χ1v) is 9.09. The molecule has 9 heteroatoms. The van der Waals surface area contributed by atoms with E-state index in [-0.39, 0.29) is 5.56 Å². The van der Waals surface area contributed by atoms with Crippen LogP contribution in [0.3, 0.4) is 0 Å². The average molecular weight is 367 g/mol. The second-order valence-corrected chi connectivity index (χ2v) is 7.53. The molecule has 5 nitrogen and oxygen atoms in total. The van der Waals surface area contributed by atoms with E-state index >= 15 is 0 Å². The van der Waals surface area contributed by atoms with Crippen molar-refractivity contribution in [2.24, 2.45) is 5.14 Å². The fourth-order valence-corrected chi connectivity index (χ4v) is 3.56. The van der Waals surface area contributed by atoms with Crippen LogP contribution in [-0.4, -0.2) is 18.4 Å². The third kappa shape index (κ3) is 3.05. The van der Waals surface area contributed by atoms with Crippen molar-refractivity contribution in [3.8, 4) is 22.5 Å². The lowest BCUT2D eigenvalue weighted by Crippen LogP contribution is -2.16. The number of nitrogens with zero attached hydrogens (tertiary/aromatic N) is 2. The molecule has 0 aliphatic carbocycles. The van der Waals surface area contributed by atoms with Crippen LogP contribution in [0.15, 0.2) is 40.7 Å². The number of nitrogens with two attached hydrogens (primary N) is 1. The largest absolute Gasteiger partial charge is 0.254 e. The van der Waals surface area contributed by atoms with Gasteiger partial charge in [0.1, 0.15) is 17.3 Å². The Labute approximate surface area is 140 Å². The molecule has 0 unspecified atom stereocenters. The van der Waals surface area contributed by atoms with Crippen LogP contribution >= 0.6 is 11.3 Å². The number of thiazole rings is 1. The highest BCUT2D eigenvalue weighted by Crippen LogP contribution is 2.33. The molecule has 0 spiro atoms. The predicted molar refractivity (Wildman–Crippen MR) is 86.8 cm³/mol. The van der Waals surface area contributed by atoms with Gasteiger partial charge < -0.3 is 0 Å². The predicted octanol–water partition coefficient (Wildman–Crippen LogP) is 3.11. The second kappa shape index (κ2) is 6.00. The molecule has 0 fully saturated rings. The smallest absolute Gasteiger partial charge is 0.243 e. The van der Waals surface area contributed by atoms with Crippen molar-refractivity contribution >= 4 is 21.4 Å². The minimum Gasteiger partial charge on any atom is -0.254 e. The average Bonchev–Trinajstić information content (AvgIpc) is 2.91. The fraction of sp³-hybridized carbons (Fsp3) is 0.0667. The van der Waals surface area contributed by atoms with Crippen molar-refractivity contribution in [1.82, 2.24) is 9.97 Å². The van der Waals surface area contributed by atoms with E-state index < -0.39 is 26.6 Å². The number of halogens is 2. The Bertz CT molecular complexity index is 1010. The first-order valence-electron chi connectivity index (χ1n) is 6.67. The van der Waals surface area contributed by atoms with Gasteiger partial charge in [0.15, 0.2) is 4.90 Å². The lowest BCUT2D eigenvalue weighted by molar-refractivity contribution is 0.520. The minimum absolute atomic E-state index is 0.145. The molecule has 0 bridgehead atoms. The number of pyridine rings is 1. The first kappa shape index (κ1) is 16.6. The summed E-state index contributed by atoms with van der Waals surface area (Å²) in [6.07, 6.45) is 1.54. The summed E-state index contributed by atoms with van der Waals surface area (Å²) in [5.74, 6) is -2.51. The Balaban J connectivity index is 2.21. The van der Waals surface area contributed by atoms with Gasteiger partial charge in [-0.25, -0.2) is 27.3 Å². The van der Waals surface area contributed by atoms with Gasteiger partial charge in [-0.05, 0) is 30.7 Å². The molecule has 2 heterocycles. The van der Waals surface area contributed by atoms with Gasteiger partial charge in [-0.15, -0.1) is 11.3 Å². The molecule has 0 saturated carbocycles. The highest BCUT2D eigenvalue weighted by molar-refractivity contribution is 7.89. The number of aromatic nitrogens is 2. The van der Waals surface area contributed by atoms with Gasteiger partial charge in [-0.1, -0.05) is 6.07 Å². The molecule has 3 aromatic rings. The summed E-state index contributed by atoms with van der Waals surface area (Å²) in [6.45, 7) is 1.83. The Morgan fingerprint density at radius 2 is 1.88 bits per heavy atom. The van der Waals surface area contributed by atoms with Crippen LogP contribution in [-0.2, 0) is 10.0 Å². The number of hydrogen-bond acceptors (Lipinski definition) is 5. The topological polar surface area (TPSA) is 85.9 Å². The third-order valence-electron chi connectivity index (χ3n) is 3.26. The van der Waals surface area contributed by atoms with Gasteiger partial charge in [0.2, 0.25) is 10.0 Å². The normalized spacial score (nSPS) is 11.7. The van der Waals surface area contributed by atoms with Crippen molar-refractivity contribution in [3.63, 3.8) is 0 Å². The Morgan fingerprint density at radius 1 is 1.21 bits per heavy atom. The highest BCUT2D eigenvalue weighted by atomic mass is 32.2. The molecule has 0 amide bonds. The van der Waals surface area contributed by atoms with Gasteiger partial charge in [-0.3, -0.25) is 4.98 Å². The summed E-state index contributed by atoms with van der Waals surface area (Å²) in [4.78, 5) is 7.40. The number of aryl methyl sites for hydroxylation is 1. The molecule has 2 N–H and O–H groups in total. The molecule has 1 aromatic carbocycles. The maximum atomic E-state index is 14.1. The van der Waals surface area contributed by atoms with Gasteiger partial charge in [0.05, 0.1) is 10.7 Å². The van der Waals surface area contributed by atoms with Crippen LogP contribution in [0, 0.1) is 18.6 Å². The molecule has 124 valence electrons. The number of hydrogen-bond donors (Lipinski definition) is 1. The lowest BCUT2D eigenvalue weighted by atomic mass is 10.0. The number of primary sulfonamides is 1. The molecule has 0 aliphatic heterocycles. The zero-order valence-electron chi connectivity index (χ0n) is 12.3. The van der Waals surface area contributed by atoms with Crippen LogP contribution in [0.1, 0.15) is 5.01 Å². The van der Waals surface area contributed by atoms with Crippen LogP contribution in [0.5, 0.6) is 0 Å². The van der Waals surface area contributed by atoms with Gasteiger partial charge in [0.25, 0.3) is 0 Å². The summed E-state index contributed by atoms with van der Waals surface area (Å²) in [5, 5.41) is 7.45. The molecule has 0 radical (unpaired) electrons. The molecular weight excluding hydrogens is 356 g/mol. The molecule has 0 saturated heterocycles. The highest BCUT2D eigenvalue weighted by Gasteiger charge is 2.22. The van der Waals surface area contributed by atoms with E-state index in [2.05, 4.69) is 9.97 Å². The minimum atomic E-state index is -4.50. The van der Waals surface area contributed by atoms with Crippen LogP contribution in [0.2, 0.25) is 0 Å². The van der Waals surface area contributed by atoms with Crippen molar-refractivity contribution in [2.45, 2.75) is 11.8 Å². The summed E-state index contributed by atoms with van der Waals surface area (Å²) >= 11 is 1.42. The standard InChI is InChI=1S/C15H11F2N3O2S2/c1-8-20-13(7-23-8)14-10(3-2-4-19-14)9-5-11(16)15(12(17)6-9)24(18,21)22/h2-7H,1H3,(H2,18,21,22). The van der Waals surface area contributed by atoms with Gasteiger partial charge in [-0.2, -0.15) is 0 Å². The van der Waals surface area contributed by atoms with Gasteiger partial charge >= 0.3 is 0 Å². The molecule has 0 aliphatic rings. The Kier molecular flexibility index (Phi) is 4.16. The lowest BCUT2D eigenvalue weighted by Gasteiger charge is -2.09. The van der Waals surface area contributed by atoms with Gasteiger partial charge in [0, 0.05) is 17.1 Å². The van der Waals surface area contributed by atoms with E-state index in [9.17, 15) is 17.2 Å². The molecular formula is C15H11F2N3O2S2. The van der Waals surface area contributed by atoms with E-state index in [0.29, 0.717) is 17.0 Å². The number of sulfonamides is 1. The van der Waals surface area contributed by atoms with E-state index in [1.54, 1.807) is 23.7 Å². The van der Waals surface area contributed by atoms with E-state index in [4.69, 9.17) is 5.14 Å². The third-order valence-corrected chi connectivity index (χ3v) is 5.00. The quantitative estimate of drug-likeness (QED) is 0.771. The van der Waals surface area contributed by atoms with Crippen LogP contribution < -0.4 is 5.14 Å². The summed E-state index contributed by atoms with van der Waals surface area (Å²) < 4.78 is 50.8. The Hall–Kier alpha value is -2.23. The number of benzene rings is 1. The second-order valence-electron chi connectivity index (χ2n) is 4.97. The zero-order chi connectivity index (χ0) is 17.5. The summed E-state index contributed by atoms with van der Waals surface area (Å²) in [5.41, 5.74) is 1.60. The number of rotatable bonds is 3. The van der Waals surface area contributed by atoms with Crippen molar-refractivity contribution in [3.05, 3.63) is 52.5 Å². The molecule has 3 rings (SSSR count). The summed E-state index contributed by atoms with van der Waals surface area (Å²) in [6, 6.07) is 5.08. The molecule has 0 atom stereocenters.